The van der Waals surface area contributed by atoms with Crippen LogP contribution in [0.2, 0.25) is 0 Å². The summed E-state index contributed by atoms with van der Waals surface area (Å²) in [7, 11) is 0. The highest BCUT2D eigenvalue weighted by Crippen LogP contribution is 2.46. The highest BCUT2D eigenvalue weighted by atomic mass is 14.9. The molecule has 0 aromatic heterocycles. The molecular weight excluding hydrogens is 182 g/mol. The standard InChI is InChI=1S/C14H21N/c1-11(2)9-15-10-13-8-14(13)12-6-4-3-5-7-12/h3-7,11,13-15H,8-10H2,1-2H3. The van der Waals surface area contributed by atoms with E-state index in [2.05, 4.69) is 49.5 Å². The first-order valence-electron chi connectivity index (χ1n) is 6.03. The Balaban J connectivity index is 1.72. The highest BCUT2D eigenvalue weighted by Gasteiger charge is 2.37. The van der Waals surface area contributed by atoms with Crippen molar-refractivity contribution in [3.63, 3.8) is 0 Å². The average Bonchev–Trinajstić information content (AvgIpc) is 2.98. The molecule has 0 radical (unpaired) electrons. The minimum absolute atomic E-state index is 0.763. The van der Waals surface area contributed by atoms with Crippen LogP contribution in [0.4, 0.5) is 0 Å². The van der Waals surface area contributed by atoms with Gasteiger partial charge in [-0.3, -0.25) is 0 Å². The summed E-state index contributed by atoms with van der Waals surface area (Å²) in [5, 5.41) is 3.55. The molecule has 82 valence electrons. The fraction of sp³-hybridized carbons (Fsp3) is 0.571. The van der Waals surface area contributed by atoms with E-state index in [0.717, 1.165) is 24.3 Å². The summed E-state index contributed by atoms with van der Waals surface area (Å²) in [5.74, 6) is 2.47. The summed E-state index contributed by atoms with van der Waals surface area (Å²) in [6.45, 7) is 6.86. The lowest BCUT2D eigenvalue weighted by Crippen LogP contribution is -2.22. The lowest BCUT2D eigenvalue weighted by molar-refractivity contribution is 0.532. The van der Waals surface area contributed by atoms with Gasteiger partial charge in [0.15, 0.2) is 0 Å². The topological polar surface area (TPSA) is 12.0 Å². The smallest absolute Gasteiger partial charge is 0.00143 e. The van der Waals surface area contributed by atoms with Crippen molar-refractivity contribution in [2.24, 2.45) is 11.8 Å². The number of hydrogen-bond donors (Lipinski definition) is 1. The third-order valence-corrected chi connectivity index (χ3v) is 3.11. The van der Waals surface area contributed by atoms with Crippen LogP contribution in [0.3, 0.4) is 0 Å². The number of benzene rings is 1. The lowest BCUT2D eigenvalue weighted by Gasteiger charge is -2.06. The molecule has 0 saturated heterocycles. The molecule has 0 heterocycles. The van der Waals surface area contributed by atoms with Gasteiger partial charge >= 0.3 is 0 Å². The first-order valence-corrected chi connectivity index (χ1v) is 6.03. The quantitative estimate of drug-likeness (QED) is 0.775. The van der Waals surface area contributed by atoms with Crippen LogP contribution >= 0.6 is 0 Å². The molecule has 1 aliphatic carbocycles. The molecule has 1 heteroatoms. The maximum absolute atomic E-state index is 3.55. The first kappa shape index (κ1) is 10.7. The van der Waals surface area contributed by atoms with Gasteiger partial charge in [-0.2, -0.15) is 0 Å². The molecule has 1 nitrogen and oxygen atoms in total. The van der Waals surface area contributed by atoms with Gasteiger partial charge in [-0.15, -0.1) is 0 Å². The molecule has 1 fully saturated rings. The Morgan fingerprint density at radius 3 is 2.67 bits per heavy atom. The molecule has 0 aliphatic heterocycles. The van der Waals surface area contributed by atoms with Crippen molar-refractivity contribution in [3.8, 4) is 0 Å². The van der Waals surface area contributed by atoms with E-state index < -0.39 is 0 Å². The molecule has 1 N–H and O–H groups in total. The molecular formula is C14H21N. The number of rotatable bonds is 5. The molecule has 0 bridgehead atoms. The second-order valence-corrected chi connectivity index (χ2v) is 5.07. The van der Waals surface area contributed by atoms with E-state index in [0.29, 0.717) is 0 Å². The van der Waals surface area contributed by atoms with Crippen molar-refractivity contribution >= 4 is 0 Å². The predicted molar refractivity (Wildman–Crippen MR) is 65.0 cm³/mol. The number of hydrogen-bond acceptors (Lipinski definition) is 1. The van der Waals surface area contributed by atoms with Crippen LogP contribution in [-0.2, 0) is 0 Å². The third kappa shape index (κ3) is 3.07. The molecule has 0 spiro atoms. The Hall–Kier alpha value is -0.820. The maximum atomic E-state index is 3.55. The Kier molecular flexibility index (Phi) is 3.42. The Morgan fingerprint density at radius 2 is 2.00 bits per heavy atom. The summed E-state index contributed by atoms with van der Waals surface area (Å²) < 4.78 is 0. The minimum atomic E-state index is 0.763. The van der Waals surface area contributed by atoms with Gasteiger partial charge in [0, 0.05) is 0 Å². The first-order chi connectivity index (χ1) is 7.27. The monoisotopic (exact) mass is 203 g/mol. The van der Waals surface area contributed by atoms with E-state index in [1.165, 1.54) is 18.5 Å². The van der Waals surface area contributed by atoms with Gasteiger partial charge < -0.3 is 5.32 Å². The third-order valence-electron chi connectivity index (χ3n) is 3.11. The highest BCUT2D eigenvalue weighted by molar-refractivity contribution is 5.25. The average molecular weight is 203 g/mol. The fourth-order valence-electron chi connectivity index (χ4n) is 2.14. The van der Waals surface area contributed by atoms with Crippen LogP contribution in [0.5, 0.6) is 0 Å². The van der Waals surface area contributed by atoms with Crippen LogP contribution in [0, 0.1) is 11.8 Å². The Morgan fingerprint density at radius 1 is 1.27 bits per heavy atom. The maximum Gasteiger partial charge on any atom is -0.00143 e. The zero-order valence-electron chi connectivity index (χ0n) is 9.74. The van der Waals surface area contributed by atoms with Crippen molar-refractivity contribution in [2.75, 3.05) is 13.1 Å². The van der Waals surface area contributed by atoms with Gasteiger partial charge in [0.05, 0.1) is 0 Å². The fourth-order valence-corrected chi connectivity index (χ4v) is 2.14. The van der Waals surface area contributed by atoms with Crippen LogP contribution in [0.15, 0.2) is 30.3 Å². The van der Waals surface area contributed by atoms with Gasteiger partial charge in [-0.1, -0.05) is 44.2 Å². The minimum Gasteiger partial charge on any atom is -0.316 e. The van der Waals surface area contributed by atoms with Gasteiger partial charge in [0.1, 0.15) is 0 Å². The molecule has 2 atom stereocenters. The van der Waals surface area contributed by atoms with Crippen LogP contribution < -0.4 is 5.32 Å². The van der Waals surface area contributed by atoms with Crippen LogP contribution in [0.1, 0.15) is 31.7 Å². The van der Waals surface area contributed by atoms with E-state index in [-0.39, 0.29) is 0 Å². The molecule has 15 heavy (non-hydrogen) atoms. The summed E-state index contributed by atoms with van der Waals surface area (Å²) in [6.07, 6.45) is 1.37. The van der Waals surface area contributed by atoms with E-state index in [1.807, 2.05) is 0 Å². The number of nitrogens with one attached hydrogen (secondary N) is 1. The molecule has 2 unspecified atom stereocenters. The summed E-state index contributed by atoms with van der Waals surface area (Å²) in [6, 6.07) is 10.9. The zero-order valence-corrected chi connectivity index (χ0v) is 9.74. The second kappa shape index (κ2) is 4.80. The summed E-state index contributed by atoms with van der Waals surface area (Å²) in [4.78, 5) is 0. The van der Waals surface area contributed by atoms with E-state index in [1.54, 1.807) is 0 Å². The van der Waals surface area contributed by atoms with Gasteiger partial charge in [-0.05, 0) is 42.8 Å². The largest absolute Gasteiger partial charge is 0.316 e. The van der Waals surface area contributed by atoms with Gasteiger partial charge in [0.2, 0.25) is 0 Å². The Bertz CT molecular complexity index is 291. The lowest BCUT2D eigenvalue weighted by atomic mass is 10.1. The predicted octanol–water partition coefficient (Wildman–Crippen LogP) is 3.04. The van der Waals surface area contributed by atoms with Gasteiger partial charge in [-0.25, -0.2) is 0 Å². The molecule has 0 amide bonds. The molecule has 1 aliphatic rings. The zero-order chi connectivity index (χ0) is 10.7. The summed E-state index contributed by atoms with van der Waals surface area (Å²) >= 11 is 0. The van der Waals surface area contributed by atoms with Crippen molar-refractivity contribution < 1.29 is 0 Å². The van der Waals surface area contributed by atoms with E-state index >= 15 is 0 Å². The second-order valence-electron chi connectivity index (χ2n) is 5.07. The van der Waals surface area contributed by atoms with Crippen molar-refractivity contribution in [1.82, 2.24) is 5.32 Å². The van der Waals surface area contributed by atoms with Crippen molar-refractivity contribution in [2.45, 2.75) is 26.2 Å². The molecule has 1 aromatic rings. The van der Waals surface area contributed by atoms with E-state index in [9.17, 15) is 0 Å². The summed E-state index contributed by atoms with van der Waals surface area (Å²) in [5.41, 5.74) is 1.52. The van der Waals surface area contributed by atoms with Crippen LogP contribution in [0.25, 0.3) is 0 Å². The van der Waals surface area contributed by atoms with Gasteiger partial charge in [0.25, 0.3) is 0 Å². The van der Waals surface area contributed by atoms with Crippen LogP contribution in [-0.4, -0.2) is 13.1 Å². The van der Waals surface area contributed by atoms with E-state index in [4.69, 9.17) is 0 Å². The SMILES string of the molecule is CC(C)CNCC1CC1c1ccccc1. The van der Waals surface area contributed by atoms with Crippen molar-refractivity contribution in [1.29, 1.82) is 0 Å². The molecule has 2 rings (SSSR count). The molecule has 1 saturated carbocycles. The molecule has 1 aromatic carbocycles. The Labute approximate surface area is 92.9 Å². The van der Waals surface area contributed by atoms with Crippen molar-refractivity contribution in [3.05, 3.63) is 35.9 Å². The normalized spacial score (nSPS) is 24.5.